The highest BCUT2D eigenvalue weighted by molar-refractivity contribution is 5.74. The van der Waals surface area contributed by atoms with E-state index in [2.05, 4.69) is 6.58 Å². The second-order valence-electron chi connectivity index (χ2n) is 9.45. The molecule has 0 amide bonds. The second-order valence-corrected chi connectivity index (χ2v) is 9.45. The van der Waals surface area contributed by atoms with Crippen LogP contribution in [0.4, 0.5) is 0 Å². The molecular weight excluding hydrogens is 324 g/mol. The van der Waals surface area contributed by atoms with Crippen molar-refractivity contribution in [3.8, 4) is 0 Å². The first-order chi connectivity index (χ1) is 11.6. The first-order valence-electron chi connectivity index (χ1n) is 9.29. The standard InChI is InChI=1S/C19H26O6/c1-9-7-17-8-18(9,24)5-3-10(17)19-6-4-11(20)16(2,15(23)25-19)13(19)12(17)14(21)22/h10-13,15,20,23-24H,1,3-8H2,2H3,(H,21,22)/t10?,11?,12?,13?,15?,16?,17?,18-,19?/m0/s1. The lowest BCUT2D eigenvalue weighted by Gasteiger charge is -2.46. The first-order valence-corrected chi connectivity index (χ1v) is 9.29. The Hall–Kier alpha value is -0.950. The van der Waals surface area contributed by atoms with Crippen LogP contribution in [0.3, 0.4) is 0 Å². The van der Waals surface area contributed by atoms with Gasteiger partial charge < -0.3 is 25.2 Å². The molecule has 138 valence electrons. The van der Waals surface area contributed by atoms with Gasteiger partial charge in [-0.1, -0.05) is 13.5 Å². The van der Waals surface area contributed by atoms with Gasteiger partial charge in [-0.15, -0.1) is 0 Å². The second kappa shape index (κ2) is 4.30. The Balaban J connectivity index is 1.75. The van der Waals surface area contributed by atoms with Crippen LogP contribution < -0.4 is 0 Å². The number of aliphatic hydroxyl groups is 3. The normalized spacial score (nSPS) is 61.9. The van der Waals surface area contributed by atoms with Crippen LogP contribution in [0.1, 0.15) is 45.4 Å². The van der Waals surface area contributed by atoms with Crippen LogP contribution in [0.25, 0.3) is 0 Å². The molecule has 4 saturated carbocycles. The summed E-state index contributed by atoms with van der Waals surface area (Å²) in [6.45, 7) is 5.83. The largest absolute Gasteiger partial charge is 0.481 e. The summed E-state index contributed by atoms with van der Waals surface area (Å²) in [5.41, 5.74) is -2.55. The van der Waals surface area contributed by atoms with E-state index in [0.717, 1.165) is 5.57 Å². The number of aliphatic hydroxyl groups excluding tert-OH is 2. The van der Waals surface area contributed by atoms with Crippen molar-refractivity contribution in [3.63, 3.8) is 0 Å². The van der Waals surface area contributed by atoms with Crippen LogP contribution in [0.15, 0.2) is 12.2 Å². The number of aliphatic carboxylic acids is 1. The van der Waals surface area contributed by atoms with Crippen molar-refractivity contribution in [2.75, 3.05) is 0 Å². The Morgan fingerprint density at radius 2 is 2.00 bits per heavy atom. The Bertz CT molecular complexity index is 691. The summed E-state index contributed by atoms with van der Waals surface area (Å²) < 4.78 is 6.15. The number of hydrogen-bond acceptors (Lipinski definition) is 5. The van der Waals surface area contributed by atoms with Crippen molar-refractivity contribution >= 4 is 5.97 Å². The monoisotopic (exact) mass is 350 g/mol. The number of ether oxygens (including phenoxy) is 1. The Morgan fingerprint density at radius 1 is 1.28 bits per heavy atom. The van der Waals surface area contributed by atoms with Crippen LogP contribution in [0, 0.1) is 28.6 Å². The molecule has 1 spiro atoms. The van der Waals surface area contributed by atoms with Gasteiger partial charge in [0.2, 0.25) is 0 Å². The quantitative estimate of drug-likeness (QED) is 0.527. The summed E-state index contributed by atoms with van der Waals surface area (Å²) in [5, 5.41) is 42.5. The molecule has 5 rings (SSSR count). The maximum absolute atomic E-state index is 12.4. The van der Waals surface area contributed by atoms with Crippen molar-refractivity contribution < 1.29 is 30.0 Å². The minimum absolute atomic E-state index is 0.0328. The minimum Gasteiger partial charge on any atom is -0.481 e. The van der Waals surface area contributed by atoms with E-state index in [1.807, 2.05) is 0 Å². The number of fused-ring (bicyclic) bond motifs is 1. The molecule has 6 nitrogen and oxygen atoms in total. The maximum atomic E-state index is 12.4. The minimum atomic E-state index is -1.15. The molecule has 1 heterocycles. The highest BCUT2D eigenvalue weighted by Gasteiger charge is 2.83. The summed E-state index contributed by atoms with van der Waals surface area (Å²) >= 11 is 0. The van der Waals surface area contributed by atoms with Gasteiger partial charge >= 0.3 is 5.97 Å². The summed E-state index contributed by atoms with van der Waals surface area (Å²) in [6, 6.07) is 0. The predicted molar refractivity (Wildman–Crippen MR) is 86.3 cm³/mol. The maximum Gasteiger partial charge on any atom is 0.307 e. The van der Waals surface area contributed by atoms with E-state index in [9.17, 15) is 25.2 Å². The number of carboxylic acids is 1. The molecular formula is C19H26O6. The van der Waals surface area contributed by atoms with E-state index >= 15 is 0 Å². The number of carboxylic acid groups (broad SMARTS) is 1. The molecule has 4 aliphatic carbocycles. The number of rotatable bonds is 1. The van der Waals surface area contributed by atoms with Crippen LogP contribution in [-0.2, 0) is 9.53 Å². The Morgan fingerprint density at radius 3 is 2.68 bits per heavy atom. The van der Waals surface area contributed by atoms with Gasteiger partial charge in [0.15, 0.2) is 6.29 Å². The highest BCUT2D eigenvalue weighted by atomic mass is 16.6. The fourth-order valence-electron chi connectivity index (χ4n) is 7.83. The molecule has 1 aliphatic heterocycles. The van der Waals surface area contributed by atoms with E-state index in [1.165, 1.54) is 0 Å². The topological polar surface area (TPSA) is 107 Å². The molecule has 5 fully saturated rings. The molecule has 1 saturated heterocycles. The van der Waals surface area contributed by atoms with E-state index < -0.39 is 52.2 Å². The molecule has 5 aliphatic rings. The predicted octanol–water partition coefficient (Wildman–Crippen LogP) is 1.04. The molecule has 0 aromatic heterocycles. The Labute approximate surface area is 146 Å². The zero-order chi connectivity index (χ0) is 18.0. The lowest BCUT2D eigenvalue weighted by Crippen LogP contribution is -2.53. The smallest absolute Gasteiger partial charge is 0.307 e. The average molecular weight is 350 g/mol. The summed E-state index contributed by atoms with van der Waals surface area (Å²) in [5.74, 6) is -2.14. The lowest BCUT2D eigenvalue weighted by atomic mass is 9.58. The molecule has 4 N–H and O–H groups in total. The van der Waals surface area contributed by atoms with Crippen LogP contribution in [0.2, 0.25) is 0 Å². The van der Waals surface area contributed by atoms with Gasteiger partial charge in [0.05, 0.1) is 28.6 Å². The van der Waals surface area contributed by atoms with Crippen LogP contribution >= 0.6 is 0 Å². The fourth-order valence-corrected chi connectivity index (χ4v) is 7.83. The van der Waals surface area contributed by atoms with Crippen molar-refractivity contribution in [2.45, 2.75) is 69.0 Å². The van der Waals surface area contributed by atoms with Crippen molar-refractivity contribution in [1.82, 2.24) is 0 Å². The SMILES string of the molecule is C=C1CC23C[C@@]1(O)CCC2C12CCC(O)C(C)(C(O)O1)C2C3C(=O)O. The van der Waals surface area contributed by atoms with Crippen molar-refractivity contribution in [2.24, 2.45) is 28.6 Å². The third-order valence-electron chi connectivity index (χ3n) is 8.76. The lowest BCUT2D eigenvalue weighted by molar-refractivity contribution is -0.196. The molecule has 0 aromatic carbocycles. The van der Waals surface area contributed by atoms with Gasteiger partial charge in [-0.2, -0.15) is 0 Å². The van der Waals surface area contributed by atoms with Crippen molar-refractivity contribution in [3.05, 3.63) is 12.2 Å². The van der Waals surface area contributed by atoms with Crippen molar-refractivity contribution in [1.29, 1.82) is 0 Å². The molecule has 6 heteroatoms. The van der Waals surface area contributed by atoms with Gasteiger partial charge in [-0.05, 0) is 55.4 Å². The third kappa shape index (κ3) is 1.48. The summed E-state index contributed by atoms with van der Waals surface area (Å²) in [4.78, 5) is 12.4. The molecule has 8 unspecified atom stereocenters. The number of hydrogen-bond donors (Lipinski definition) is 4. The summed E-state index contributed by atoms with van der Waals surface area (Å²) in [6.07, 6.45) is 1.27. The zero-order valence-corrected chi connectivity index (χ0v) is 14.4. The first kappa shape index (κ1) is 16.2. The van der Waals surface area contributed by atoms with E-state index in [0.29, 0.717) is 38.5 Å². The highest BCUT2D eigenvalue weighted by Crippen LogP contribution is 2.78. The molecule has 25 heavy (non-hydrogen) atoms. The van der Waals surface area contributed by atoms with Crippen LogP contribution in [-0.4, -0.2) is 50.0 Å². The zero-order valence-electron chi connectivity index (χ0n) is 14.4. The Kier molecular flexibility index (Phi) is 2.79. The fraction of sp³-hybridized carbons (Fsp3) is 0.842. The van der Waals surface area contributed by atoms with Gasteiger partial charge in [-0.25, -0.2) is 0 Å². The van der Waals surface area contributed by atoms with E-state index in [1.54, 1.807) is 6.92 Å². The molecule has 4 bridgehead atoms. The van der Waals surface area contributed by atoms with E-state index in [4.69, 9.17) is 4.74 Å². The van der Waals surface area contributed by atoms with Gasteiger partial charge in [0, 0.05) is 5.92 Å². The average Bonchev–Trinajstić information content (AvgIpc) is 2.95. The third-order valence-corrected chi connectivity index (χ3v) is 8.76. The van der Waals surface area contributed by atoms with E-state index in [-0.39, 0.29) is 5.92 Å². The summed E-state index contributed by atoms with van der Waals surface area (Å²) in [7, 11) is 0. The molecule has 0 radical (unpaired) electrons. The van der Waals surface area contributed by atoms with Gasteiger partial charge in [0.1, 0.15) is 0 Å². The van der Waals surface area contributed by atoms with Gasteiger partial charge in [0.25, 0.3) is 0 Å². The van der Waals surface area contributed by atoms with Crippen LogP contribution in [0.5, 0.6) is 0 Å². The molecule has 0 aromatic rings. The number of carbonyl (C=O) groups is 1. The van der Waals surface area contributed by atoms with Gasteiger partial charge in [-0.3, -0.25) is 4.79 Å². The molecule has 9 atom stereocenters.